The van der Waals surface area contributed by atoms with E-state index in [4.69, 9.17) is 4.74 Å². The van der Waals surface area contributed by atoms with Gasteiger partial charge in [0, 0.05) is 39.6 Å². The molecule has 1 atom stereocenters. The van der Waals surface area contributed by atoms with E-state index in [1.54, 1.807) is 36.2 Å². The Morgan fingerprint density at radius 2 is 1.89 bits per heavy atom. The number of carbonyl (C=O) groups excluding carboxylic acids is 1. The standard InChI is InChI=1S/C19H21N5O4/c1-22-9-8-20-17(22)16(12-6-5-7-13(10-12)28-4)21-18(26)14-11-15(25)24(3)19(27)23(14)2/h5-11,16H,1-4H3,(H,21,26)/t16-/m1/s1. The molecule has 0 aliphatic heterocycles. The molecule has 2 aromatic heterocycles. The van der Waals surface area contributed by atoms with Gasteiger partial charge in [-0.25, -0.2) is 9.78 Å². The van der Waals surface area contributed by atoms with Crippen LogP contribution in [0.3, 0.4) is 0 Å². The number of hydrogen-bond acceptors (Lipinski definition) is 5. The van der Waals surface area contributed by atoms with Crippen LogP contribution in [0.25, 0.3) is 0 Å². The number of benzene rings is 1. The lowest BCUT2D eigenvalue weighted by molar-refractivity contribution is 0.0930. The number of aryl methyl sites for hydroxylation is 1. The summed E-state index contributed by atoms with van der Waals surface area (Å²) in [6.45, 7) is 0. The maximum atomic E-state index is 12.9. The highest BCUT2D eigenvalue weighted by Crippen LogP contribution is 2.24. The van der Waals surface area contributed by atoms with Gasteiger partial charge in [0.1, 0.15) is 23.3 Å². The maximum Gasteiger partial charge on any atom is 0.331 e. The maximum absolute atomic E-state index is 12.9. The Labute approximate surface area is 160 Å². The molecule has 0 fully saturated rings. The predicted octanol–water partition coefficient (Wildman–Crippen LogP) is 0.345. The van der Waals surface area contributed by atoms with Crippen LogP contribution in [0.4, 0.5) is 0 Å². The van der Waals surface area contributed by atoms with Crippen LogP contribution in [-0.2, 0) is 21.1 Å². The van der Waals surface area contributed by atoms with Crippen LogP contribution in [0.5, 0.6) is 5.75 Å². The molecule has 1 N–H and O–H groups in total. The Morgan fingerprint density at radius 3 is 2.54 bits per heavy atom. The van der Waals surface area contributed by atoms with Crippen LogP contribution in [0.15, 0.2) is 52.3 Å². The Morgan fingerprint density at radius 1 is 1.14 bits per heavy atom. The number of amides is 1. The van der Waals surface area contributed by atoms with Crippen LogP contribution < -0.4 is 21.3 Å². The van der Waals surface area contributed by atoms with Crippen molar-refractivity contribution in [2.24, 2.45) is 21.1 Å². The Hall–Kier alpha value is -3.62. The monoisotopic (exact) mass is 383 g/mol. The lowest BCUT2D eigenvalue weighted by Crippen LogP contribution is -2.42. The fourth-order valence-electron chi connectivity index (χ4n) is 2.93. The number of imidazole rings is 1. The highest BCUT2D eigenvalue weighted by atomic mass is 16.5. The van der Waals surface area contributed by atoms with Crippen molar-refractivity contribution < 1.29 is 9.53 Å². The average molecular weight is 383 g/mol. The van der Waals surface area contributed by atoms with E-state index in [2.05, 4.69) is 10.3 Å². The van der Waals surface area contributed by atoms with Crippen LogP contribution in [-0.4, -0.2) is 31.7 Å². The van der Waals surface area contributed by atoms with Gasteiger partial charge in [0.25, 0.3) is 11.5 Å². The van der Waals surface area contributed by atoms with Crippen molar-refractivity contribution >= 4 is 5.91 Å². The Bertz CT molecular complexity index is 1140. The Kier molecular flexibility index (Phi) is 5.16. The van der Waals surface area contributed by atoms with E-state index in [-0.39, 0.29) is 5.69 Å². The van der Waals surface area contributed by atoms with Crippen molar-refractivity contribution in [3.8, 4) is 5.75 Å². The van der Waals surface area contributed by atoms with Crippen molar-refractivity contribution in [1.29, 1.82) is 0 Å². The molecule has 9 heteroatoms. The van der Waals surface area contributed by atoms with Gasteiger partial charge < -0.3 is 14.6 Å². The highest BCUT2D eigenvalue weighted by molar-refractivity contribution is 5.92. The minimum absolute atomic E-state index is 0.0322. The zero-order valence-corrected chi connectivity index (χ0v) is 16.0. The summed E-state index contributed by atoms with van der Waals surface area (Å²) in [4.78, 5) is 41.4. The van der Waals surface area contributed by atoms with Crippen molar-refractivity contribution in [3.63, 3.8) is 0 Å². The number of methoxy groups -OCH3 is 1. The largest absolute Gasteiger partial charge is 0.497 e. The zero-order valence-electron chi connectivity index (χ0n) is 16.0. The molecule has 0 saturated heterocycles. The number of ether oxygens (including phenoxy) is 1. The van der Waals surface area contributed by atoms with Crippen LogP contribution in [0.1, 0.15) is 27.9 Å². The minimum atomic E-state index is -0.609. The predicted molar refractivity (Wildman–Crippen MR) is 102 cm³/mol. The molecule has 0 spiro atoms. The van der Waals surface area contributed by atoms with Crippen molar-refractivity contribution in [2.75, 3.05) is 7.11 Å². The van der Waals surface area contributed by atoms with Crippen molar-refractivity contribution in [3.05, 3.63) is 80.6 Å². The number of nitrogens with one attached hydrogen (secondary N) is 1. The van der Waals surface area contributed by atoms with Crippen molar-refractivity contribution in [1.82, 2.24) is 24.0 Å². The zero-order chi connectivity index (χ0) is 20.4. The van der Waals surface area contributed by atoms with Gasteiger partial charge in [-0.2, -0.15) is 0 Å². The molecule has 0 aliphatic rings. The van der Waals surface area contributed by atoms with Gasteiger partial charge in [0.05, 0.1) is 7.11 Å². The second-order valence-corrected chi connectivity index (χ2v) is 6.35. The summed E-state index contributed by atoms with van der Waals surface area (Å²) in [5.41, 5.74) is -0.415. The third-order valence-electron chi connectivity index (χ3n) is 4.58. The molecule has 3 rings (SSSR count). The highest BCUT2D eigenvalue weighted by Gasteiger charge is 2.23. The van der Waals surface area contributed by atoms with E-state index in [0.717, 1.165) is 20.8 Å². The summed E-state index contributed by atoms with van der Waals surface area (Å²) in [6.07, 6.45) is 3.39. The second kappa shape index (κ2) is 7.55. The molecule has 0 saturated carbocycles. The van der Waals surface area contributed by atoms with Crippen molar-refractivity contribution in [2.45, 2.75) is 6.04 Å². The molecular formula is C19H21N5O4. The summed E-state index contributed by atoms with van der Waals surface area (Å²) in [5, 5.41) is 2.87. The second-order valence-electron chi connectivity index (χ2n) is 6.35. The quantitative estimate of drug-likeness (QED) is 0.685. The van der Waals surface area contributed by atoms with Gasteiger partial charge in [-0.1, -0.05) is 12.1 Å². The van der Waals surface area contributed by atoms with E-state index < -0.39 is 23.2 Å². The molecule has 0 aliphatic carbocycles. The molecule has 3 aromatic rings. The Balaban J connectivity index is 2.06. The van der Waals surface area contributed by atoms with Crippen LogP contribution in [0, 0.1) is 0 Å². The summed E-state index contributed by atoms with van der Waals surface area (Å²) in [5.74, 6) is 0.662. The molecule has 146 valence electrons. The van der Waals surface area contributed by atoms with E-state index in [1.807, 2.05) is 19.2 Å². The topological polar surface area (TPSA) is 100 Å². The molecule has 2 heterocycles. The fourth-order valence-corrected chi connectivity index (χ4v) is 2.93. The average Bonchev–Trinajstić information content (AvgIpc) is 3.12. The molecule has 1 aromatic carbocycles. The number of hydrogen-bond donors (Lipinski definition) is 1. The third-order valence-corrected chi connectivity index (χ3v) is 4.58. The smallest absolute Gasteiger partial charge is 0.331 e. The number of aromatic nitrogens is 4. The van der Waals surface area contributed by atoms with E-state index in [9.17, 15) is 14.4 Å². The molecule has 0 radical (unpaired) electrons. The van der Waals surface area contributed by atoms with Gasteiger partial charge >= 0.3 is 5.69 Å². The first-order valence-corrected chi connectivity index (χ1v) is 8.52. The minimum Gasteiger partial charge on any atom is -0.497 e. The van der Waals surface area contributed by atoms with E-state index in [1.165, 1.54) is 14.1 Å². The first-order valence-electron chi connectivity index (χ1n) is 8.52. The van der Waals surface area contributed by atoms with Crippen LogP contribution >= 0.6 is 0 Å². The molecule has 0 bridgehead atoms. The summed E-state index contributed by atoms with van der Waals surface area (Å²) in [7, 11) is 6.18. The number of nitrogens with zero attached hydrogens (tertiary/aromatic N) is 4. The normalized spacial score (nSPS) is 11.9. The van der Waals surface area contributed by atoms with Crippen LogP contribution in [0.2, 0.25) is 0 Å². The first-order chi connectivity index (χ1) is 13.3. The molecule has 0 unspecified atom stereocenters. The third kappa shape index (κ3) is 3.46. The lowest BCUT2D eigenvalue weighted by atomic mass is 10.1. The SMILES string of the molecule is COc1cccc([C@@H](NC(=O)c2cc(=O)n(C)c(=O)n2C)c2nccn2C)c1. The first kappa shape index (κ1) is 19.2. The van der Waals surface area contributed by atoms with Gasteiger partial charge in [-0.15, -0.1) is 0 Å². The fraction of sp³-hybridized carbons (Fsp3) is 0.263. The molecular weight excluding hydrogens is 362 g/mol. The van der Waals surface area contributed by atoms with E-state index in [0.29, 0.717) is 11.6 Å². The summed E-state index contributed by atoms with van der Waals surface area (Å²) < 4.78 is 9.14. The summed E-state index contributed by atoms with van der Waals surface area (Å²) >= 11 is 0. The van der Waals surface area contributed by atoms with E-state index >= 15 is 0 Å². The van der Waals surface area contributed by atoms with Gasteiger partial charge in [0.15, 0.2) is 0 Å². The molecule has 9 nitrogen and oxygen atoms in total. The summed E-state index contributed by atoms with van der Waals surface area (Å²) in [6, 6.07) is 7.77. The lowest BCUT2D eigenvalue weighted by Gasteiger charge is -2.20. The molecule has 1 amide bonds. The number of rotatable bonds is 5. The van der Waals surface area contributed by atoms with Gasteiger partial charge in [0.2, 0.25) is 0 Å². The van der Waals surface area contributed by atoms with Gasteiger partial charge in [-0.05, 0) is 17.7 Å². The van der Waals surface area contributed by atoms with Gasteiger partial charge in [-0.3, -0.25) is 18.7 Å². The molecule has 28 heavy (non-hydrogen) atoms. The number of carbonyl (C=O) groups is 1.